The van der Waals surface area contributed by atoms with Gasteiger partial charge in [-0.15, -0.1) is 0 Å². The summed E-state index contributed by atoms with van der Waals surface area (Å²) in [5.74, 6) is -0.449. The molecule has 1 heterocycles. The van der Waals surface area contributed by atoms with Gasteiger partial charge in [-0.2, -0.15) is 0 Å². The highest BCUT2D eigenvalue weighted by Gasteiger charge is 2.33. The quantitative estimate of drug-likeness (QED) is 0.871. The van der Waals surface area contributed by atoms with Crippen molar-refractivity contribution in [2.45, 2.75) is 25.9 Å². The normalized spacial score (nSPS) is 16.8. The van der Waals surface area contributed by atoms with E-state index in [1.807, 2.05) is 60.4 Å². The van der Waals surface area contributed by atoms with Crippen LogP contribution >= 0.6 is 0 Å². The second kappa shape index (κ2) is 7.49. The molecule has 3 rings (SSSR count). The average molecular weight is 338 g/mol. The number of anilines is 1. The Bertz CT molecular complexity index is 771. The molecule has 0 radical (unpaired) electrons. The fourth-order valence-corrected chi connectivity index (χ4v) is 3.13. The molecule has 130 valence electrons. The largest absolute Gasteiger partial charge is 0.468 e. The van der Waals surface area contributed by atoms with Crippen LogP contribution in [0.3, 0.4) is 0 Å². The zero-order valence-electron chi connectivity index (χ0n) is 14.5. The first kappa shape index (κ1) is 17.2. The van der Waals surface area contributed by atoms with E-state index in [0.717, 1.165) is 22.4 Å². The van der Waals surface area contributed by atoms with Crippen LogP contribution in [0.1, 0.15) is 16.7 Å². The minimum Gasteiger partial charge on any atom is -0.468 e. The molecule has 5 nitrogen and oxygen atoms in total. The van der Waals surface area contributed by atoms with Crippen LogP contribution in [0, 0.1) is 6.92 Å². The molecule has 0 saturated heterocycles. The van der Waals surface area contributed by atoms with Crippen LogP contribution in [-0.4, -0.2) is 36.5 Å². The Hall–Kier alpha value is -2.66. The number of nitrogens with zero attached hydrogens (tertiary/aromatic N) is 1. The number of ether oxygens (including phenoxy) is 1. The van der Waals surface area contributed by atoms with Crippen molar-refractivity contribution >= 4 is 17.6 Å². The third-order valence-electron chi connectivity index (χ3n) is 4.50. The molecule has 0 aliphatic carbocycles. The summed E-state index contributed by atoms with van der Waals surface area (Å²) in [6, 6.07) is 15.2. The number of carbonyl (C=O) groups is 2. The van der Waals surface area contributed by atoms with Gasteiger partial charge in [0, 0.05) is 12.2 Å². The Balaban J connectivity index is 1.73. The Kier molecular flexibility index (Phi) is 5.14. The highest BCUT2D eigenvalue weighted by molar-refractivity contribution is 5.92. The van der Waals surface area contributed by atoms with Crippen molar-refractivity contribution in [2.24, 2.45) is 0 Å². The van der Waals surface area contributed by atoms with Crippen molar-refractivity contribution in [2.75, 3.05) is 19.0 Å². The predicted molar refractivity (Wildman–Crippen MR) is 96.2 cm³/mol. The van der Waals surface area contributed by atoms with Crippen molar-refractivity contribution in [3.05, 3.63) is 65.2 Å². The molecule has 1 N–H and O–H groups in total. The van der Waals surface area contributed by atoms with Crippen LogP contribution in [0.25, 0.3) is 0 Å². The number of methoxy groups -OCH3 is 1. The van der Waals surface area contributed by atoms with Gasteiger partial charge in [-0.3, -0.25) is 14.5 Å². The molecule has 0 fully saturated rings. The lowest BCUT2D eigenvalue weighted by atomic mass is 9.94. The first-order valence-corrected chi connectivity index (χ1v) is 8.32. The van der Waals surface area contributed by atoms with Gasteiger partial charge in [0.2, 0.25) is 5.91 Å². The Morgan fingerprint density at radius 1 is 1.12 bits per heavy atom. The van der Waals surface area contributed by atoms with Crippen LogP contribution in [0.4, 0.5) is 5.69 Å². The van der Waals surface area contributed by atoms with E-state index in [1.54, 1.807) is 0 Å². The molecule has 0 bridgehead atoms. The maximum atomic E-state index is 12.4. The van der Waals surface area contributed by atoms with Gasteiger partial charge in [-0.05, 0) is 36.6 Å². The molecule has 2 aromatic rings. The van der Waals surface area contributed by atoms with E-state index >= 15 is 0 Å². The molecule has 0 unspecified atom stereocenters. The summed E-state index contributed by atoms with van der Waals surface area (Å²) >= 11 is 0. The third-order valence-corrected chi connectivity index (χ3v) is 4.50. The Morgan fingerprint density at radius 3 is 2.48 bits per heavy atom. The predicted octanol–water partition coefficient (Wildman–Crippen LogP) is 2.53. The van der Waals surface area contributed by atoms with E-state index in [0.29, 0.717) is 13.0 Å². The number of aryl methyl sites for hydroxylation is 1. The molecule has 1 amide bonds. The van der Waals surface area contributed by atoms with E-state index in [2.05, 4.69) is 5.32 Å². The van der Waals surface area contributed by atoms with Gasteiger partial charge < -0.3 is 10.1 Å². The molecular formula is C20H22N2O3. The van der Waals surface area contributed by atoms with Crippen molar-refractivity contribution in [3.63, 3.8) is 0 Å². The van der Waals surface area contributed by atoms with Gasteiger partial charge in [0.05, 0.1) is 13.7 Å². The van der Waals surface area contributed by atoms with E-state index in [9.17, 15) is 9.59 Å². The summed E-state index contributed by atoms with van der Waals surface area (Å²) < 4.78 is 4.94. The van der Waals surface area contributed by atoms with Crippen LogP contribution in [-0.2, 0) is 27.3 Å². The lowest BCUT2D eigenvalue weighted by Crippen LogP contribution is -2.49. The smallest absolute Gasteiger partial charge is 0.323 e. The number of fused-ring (bicyclic) bond motifs is 1. The number of nitrogens with one attached hydrogen (secondary N) is 1. The summed E-state index contributed by atoms with van der Waals surface area (Å²) in [4.78, 5) is 26.5. The lowest BCUT2D eigenvalue weighted by Gasteiger charge is -2.34. The summed E-state index contributed by atoms with van der Waals surface area (Å²) in [7, 11) is 1.38. The minimum atomic E-state index is -0.441. The summed E-state index contributed by atoms with van der Waals surface area (Å²) in [6.07, 6.45) is 0.556. The molecule has 1 aliphatic heterocycles. The standard InChI is InChI=1S/C20H22N2O3/c1-14-7-9-17(10-8-14)21-19(23)13-22-12-16-6-4-3-5-15(16)11-18(22)20(24)25-2/h3-10,18H,11-13H2,1-2H3,(H,21,23)/t18-/m0/s1. The minimum absolute atomic E-state index is 0.141. The molecule has 1 aliphatic rings. The zero-order chi connectivity index (χ0) is 17.8. The zero-order valence-corrected chi connectivity index (χ0v) is 14.5. The second-order valence-electron chi connectivity index (χ2n) is 6.33. The van der Waals surface area contributed by atoms with Crippen LogP contribution in [0.2, 0.25) is 0 Å². The van der Waals surface area contributed by atoms with E-state index in [4.69, 9.17) is 4.74 Å². The molecule has 0 spiro atoms. The maximum absolute atomic E-state index is 12.4. The molecule has 25 heavy (non-hydrogen) atoms. The molecule has 2 aromatic carbocycles. The van der Waals surface area contributed by atoms with Crippen LogP contribution in [0.15, 0.2) is 48.5 Å². The van der Waals surface area contributed by atoms with Crippen LogP contribution in [0.5, 0.6) is 0 Å². The first-order valence-electron chi connectivity index (χ1n) is 8.32. The number of hydrogen-bond acceptors (Lipinski definition) is 4. The highest BCUT2D eigenvalue weighted by atomic mass is 16.5. The second-order valence-corrected chi connectivity index (χ2v) is 6.33. The number of benzene rings is 2. The molecular weight excluding hydrogens is 316 g/mol. The van der Waals surface area contributed by atoms with Gasteiger partial charge in [0.25, 0.3) is 0 Å². The summed E-state index contributed by atoms with van der Waals surface area (Å²) in [5.41, 5.74) is 4.16. The number of carbonyl (C=O) groups excluding carboxylic acids is 2. The molecule has 0 aromatic heterocycles. The lowest BCUT2D eigenvalue weighted by molar-refractivity contribution is -0.148. The average Bonchev–Trinajstić information content (AvgIpc) is 2.62. The number of rotatable bonds is 4. The highest BCUT2D eigenvalue weighted by Crippen LogP contribution is 2.24. The van der Waals surface area contributed by atoms with E-state index < -0.39 is 6.04 Å². The fraction of sp³-hybridized carbons (Fsp3) is 0.300. The summed E-state index contributed by atoms with van der Waals surface area (Å²) in [6.45, 7) is 2.69. The molecule has 5 heteroatoms. The Labute approximate surface area is 147 Å². The Morgan fingerprint density at radius 2 is 1.80 bits per heavy atom. The number of hydrogen-bond donors (Lipinski definition) is 1. The van der Waals surface area contributed by atoms with Crippen molar-refractivity contribution in [1.82, 2.24) is 4.90 Å². The monoisotopic (exact) mass is 338 g/mol. The fourth-order valence-electron chi connectivity index (χ4n) is 3.13. The molecule has 1 atom stereocenters. The topological polar surface area (TPSA) is 58.6 Å². The van der Waals surface area contributed by atoms with E-state index in [1.165, 1.54) is 7.11 Å². The van der Waals surface area contributed by atoms with Crippen molar-refractivity contribution < 1.29 is 14.3 Å². The van der Waals surface area contributed by atoms with Crippen molar-refractivity contribution in [3.8, 4) is 0 Å². The van der Waals surface area contributed by atoms with E-state index in [-0.39, 0.29) is 18.4 Å². The maximum Gasteiger partial charge on any atom is 0.323 e. The van der Waals surface area contributed by atoms with Gasteiger partial charge in [-0.25, -0.2) is 0 Å². The van der Waals surface area contributed by atoms with Gasteiger partial charge in [0.15, 0.2) is 0 Å². The van der Waals surface area contributed by atoms with Crippen LogP contribution < -0.4 is 5.32 Å². The SMILES string of the molecule is COC(=O)[C@@H]1Cc2ccccc2CN1CC(=O)Nc1ccc(C)cc1. The third kappa shape index (κ3) is 4.06. The van der Waals surface area contributed by atoms with Gasteiger partial charge in [-0.1, -0.05) is 42.0 Å². The van der Waals surface area contributed by atoms with Gasteiger partial charge >= 0.3 is 5.97 Å². The molecule has 0 saturated carbocycles. The van der Waals surface area contributed by atoms with Gasteiger partial charge in [0.1, 0.15) is 6.04 Å². The number of esters is 1. The summed E-state index contributed by atoms with van der Waals surface area (Å²) in [5, 5.41) is 2.89. The first-order chi connectivity index (χ1) is 12.1. The van der Waals surface area contributed by atoms with Crippen molar-refractivity contribution in [1.29, 1.82) is 0 Å². The number of amides is 1.